The molecular formula is C14H11BrFNO. The number of pyridine rings is 1. The Morgan fingerprint density at radius 3 is 2.83 bits per heavy atom. The molecule has 3 rings (SSSR count). The van der Waals surface area contributed by atoms with Gasteiger partial charge in [0.1, 0.15) is 11.9 Å². The highest BCUT2D eigenvalue weighted by atomic mass is 79.9. The van der Waals surface area contributed by atoms with E-state index in [1.54, 1.807) is 18.3 Å². The molecule has 4 heteroatoms. The zero-order valence-electron chi connectivity index (χ0n) is 9.57. The lowest BCUT2D eigenvalue weighted by Gasteiger charge is -2.25. The molecule has 0 amide bonds. The molecular weight excluding hydrogens is 297 g/mol. The summed E-state index contributed by atoms with van der Waals surface area (Å²) < 4.78 is 19.7. The molecule has 0 N–H and O–H groups in total. The van der Waals surface area contributed by atoms with Gasteiger partial charge in [-0.05, 0) is 52.5 Å². The molecule has 0 bridgehead atoms. The highest BCUT2D eigenvalue weighted by Gasteiger charge is 2.22. The summed E-state index contributed by atoms with van der Waals surface area (Å²) in [4.78, 5) is 4.27. The van der Waals surface area contributed by atoms with Gasteiger partial charge in [0.15, 0.2) is 0 Å². The maximum absolute atomic E-state index is 12.9. The average Bonchev–Trinajstić information content (AvgIpc) is 2.39. The van der Waals surface area contributed by atoms with E-state index >= 15 is 0 Å². The van der Waals surface area contributed by atoms with Gasteiger partial charge in [0.25, 0.3) is 0 Å². The van der Waals surface area contributed by atoms with Crippen molar-refractivity contribution >= 4 is 15.9 Å². The predicted molar refractivity (Wildman–Crippen MR) is 70.0 cm³/mol. The Balaban J connectivity index is 1.86. The maximum atomic E-state index is 12.9. The van der Waals surface area contributed by atoms with Gasteiger partial charge in [-0.25, -0.2) is 9.37 Å². The molecule has 2 aromatic rings. The number of hydrogen-bond donors (Lipinski definition) is 0. The predicted octanol–water partition coefficient (Wildman–Crippen LogP) is 4.05. The van der Waals surface area contributed by atoms with E-state index in [0.717, 1.165) is 28.4 Å². The first-order valence-electron chi connectivity index (χ1n) is 5.79. The molecule has 1 aromatic carbocycles. The SMILES string of the molecule is Fc1ccc(C2CCc3cc(Br)cnc3O2)cc1. The number of benzene rings is 1. The standard InChI is InChI=1S/C14H11BrFNO/c15-11-7-10-3-6-13(18-14(10)17-8-11)9-1-4-12(16)5-2-9/h1-2,4-5,7-8,13H,3,6H2. The molecule has 0 radical (unpaired) electrons. The van der Waals surface area contributed by atoms with Crippen molar-refractivity contribution in [3.05, 3.63) is 57.9 Å². The van der Waals surface area contributed by atoms with Gasteiger partial charge in [-0.1, -0.05) is 12.1 Å². The van der Waals surface area contributed by atoms with E-state index in [9.17, 15) is 4.39 Å². The van der Waals surface area contributed by atoms with Crippen molar-refractivity contribution in [1.29, 1.82) is 0 Å². The van der Waals surface area contributed by atoms with Gasteiger partial charge in [-0.2, -0.15) is 0 Å². The van der Waals surface area contributed by atoms with Crippen molar-refractivity contribution in [1.82, 2.24) is 4.98 Å². The fourth-order valence-corrected chi connectivity index (χ4v) is 2.52. The molecule has 18 heavy (non-hydrogen) atoms. The minimum Gasteiger partial charge on any atom is -0.469 e. The summed E-state index contributed by atoms with van der Waals surface area (Å²) in [6, 6.07) is 8.49. The Kier molecular flexibility index (Phi) is 3.04. The molecule has 0 saturated heterocycles. The van der Waals surface area contributed by atoms with Crippen LogP contribution in [0.15, 0.2) is 41.0 Å². The Labute approximate surface area is 113 Å². The van der Waals surface area contributed by atoms with Crippen molar-refractivity contribution < 1.29 is 9.13 Å². The van der Waals surface area contributed by atoms with E-state index in [2.05, 4.69) is 20.9 Å². The smallest absolute Gasteiger partial charge is 0.217 e. The van der Waals surface area contributed by atoms with Crippen LogP contribution in [0.25, 0.3) is 0 Å². The second kappa shape index (κ2) is 4.69. The minimum absolute atomic E-state index is 0.0354. The van der Waals surface area contributed by atoms with Gasteiger partial charge < -0.3 is 4.74 Å². The van der Waals surface area contributed by atoms with E-state index < -0.39 is 0 Å². The highest BCUT2D eigenvalue weighted by Crippen LogP contribution is 2.34. The summed E-state index contributed by atoms with van der Waals surface area (Å²) in [5.41, 5.74) is 2.11. The largest absolute Gasteiger partial charge is 0.469 e. The topological polar surface area (TPSA) is 22.1 Å². The van der Waals surface area contributed by atoms with Gasteiger partial charge in [0.2, 0.25) is 5.88 Å². The van der Waals surface area contributed by atoms with Crippen molar-refractivity contribution in [3.8, 4) is 5.88 Å². The van der Waals surface area contributed by atoms with Crippen molar-refractivity contribution in [3.63, 3.8) is 0 Å². The first-order chi connectivity index (χ1) is 8.72. The fraction of sp³-hybridized carbons (Fsp3) is 0.214. The third-order valence-corrected chi connectivity index (χ3v) is 3.50. The molecule has 0 saturated carbocycles. The number of fused-ring (bicyclic) bond motifs is 1. The van der Waals surface area contributed by atoms with Crippen molar-refractivity contribution in [2.75, 3.05) is 0 Å². The Morgan fingerprint density at radius 1 is 1.28 bits per heavy atom. The van der Waals surface area contributed by atoms with E-state index in [0.29, 0.717) is 5.88 Å². The molecule has 0 spiro atoms. The van der Waals surface area contributed by atoms with Crippen LogP contribution in [0.4, 0.5) is 4.39 Å². The quantitative estimate of drug-likeness (QED) is 0.793. The number of aryl methyl sites for hydroxylation is 1. The van der Waals surface area contributed by atoms with E-state index in [-0.39, 0.29) is 11.9 Å². The third-order valence-electron chi connectivity index (χ3n) is 3.06. The summed E-state index contributed by atoms with van der Waals surface area (Å²) in [6.45, 7) is 0. The summed E-state index contributed by atoms with van der Waals surface area (Å²) in [5, 5.41) is 0. The highest BCUT2D eigenvalue weighted by molar-refractivity contribution is 9.10. The number of hydrogen-bond acceptors (Lipinski definition) is 2. The lowest BCUT2D eigenvalue weighted by atomic mass is 9.99. The first-order valence-corrected chi connectivity index (χ1v) is 6.58. The van der Waals surface area contributed by atoms with Crippen LogP contribution >= 0.6 is 15.9 Å². The zero-order valence-corrected chi connectivity index (χ0v) is 11.2. The van der Waals surface area contributed by atoms with Gasteiger partial charge in [0, 0.05) is 16.2 Å². The number of aromatic nitrogens is 1. The Morgan fingerprint density at radius 2 is 2.06 bits per heavy atom. The molecule has 1 aliphatic rings. The van der Waals surface area contributed by atoms with E-state index in [1.165, 1.54) is 12.1 Å². The van der Waals surface area contributed by atoms with Crippen LogP contribution in [-0.2, 0) is 6.42 Å². The molecule has 0 aliphatic carbocycles. The Hall–Kier alpha value is -1.42. The average molecular weight is 308 g/mol. The number of ether oxygens (including phenoxy) is 1. The Bertz CT molecular complexity index is 571. The maximum Gasteiger partial charge on any atom is 0.217 e. The van der Waals surface area contributed by atoms with Gasteiger partial charge in [-0.3, -0.25) is 0 Å². The van der Waals surface area contributed by atoms with Crippen LogP contribution in [0.3, 0.4) is 0 Å². The molecule has 92 valence electrons. The lowest BCUT2D eigenvalue weighted by molar-refractivity contribution is 0.168. The van der Waals surface area contributed by atoms with Crippen molar-refractivity contribution in [2.45, 2.75) is 18.9 Å². The zero-order chi connectivity index (χ0) is 12.5. The lowest BCUT2D eigenvalue weighted by Crippen LogP contribution is -2.16. The third kappa shape index (κ3) is 2.25. The van der Waals surface area contributed by atoms with Crippen LogP contribution in [0.5, 0.6) is 5.88 Å². The van der Waals surface area contributed by atoms with Crippen LogP contribution in [-0.4, -0.2) is 4.98 Å². The van der Waals surface area contributed by atoms with Gasteiger partial charge >= 0.3 is 0 Å². The second-order valence-electron chi connectivity index (χ2n) is 4.31. The molecule has 1 aliphatic heterocycles. The van der Waals surface area contributed by atoms with E-state index in [4.69, 9.17) is 4.74 Å². The van der Waals surface area contributed by atoms with E-state index in [1.807, 2.05) is 6.07 Å². The molecule has 1 aromatic heterocycles. The van der Waals surface area contributed by atoms with Crippen LogP contribution in [0.1, 0.15) is 23.7 Å². The summed E-state index contributed by atoms with van der Waals surface area (Å²) in [6.07, 6.45) is 3.50. The molecule has 2 nitrogen and oxygen atoms in total. The summed E-state index contributed by atoms with van der Waals surface area (Å²) >= 11 is 3.40. The van der Waals surface area contributed by atoms with Gasteiger partial charge in [0.05, 0.1) is 0 Å². The summed E-state index contributed by atoms with van der Waals surface area (Å²) in [5.74, 6) is 0.454. The number of rotatable bonds is 1. The summed E-state index contributed by atoms with van der Waals surface area (Å²) in [7, 11) is 0. The van der Waals surface area contributed by atoms with Gasteiger partial charge in [-0.15, -0.1) is 0 Å². The van der Waals surface area contributed by atoms with Crippen LogP contribution in [0, 0.1) is 5.82 Å². The van der Waals surface area contributed by atoms with Crippen LogP contribution in [0.2, 0.25) is 0 Å². The van der Waals surface area contributed by atoms with Crippen molar-refractivity contribution in [2.24, 2.45) is 0 Å². The monoisotopic (exact) mass is 307 g/mol. The molecule has 2 heterocycles. The first kappa shape index (κ1) is 11.7. The molecule has 1 atom stereocenters. The second-order valence-corrected chi connectivity index (χ2v) is 5.23. The fourth-order valence-electron chi connectivity index (χ4n) is 2.15. The number of halogens is 2. The minimum atomic E-state index is -0.225. The normalized spacial score (nSPS) is 18.0. The molecule has 1 unspecified atom stereocenters. The number of nitrogens with zero attached hydrogens (tertiary/aromatic N) is 1. The molecule has 0 fully saturated rings. The van der Waals surface area contributed by atoms with Crippen LogP contribution < -0.4 is 4.74 Å².